The number of hydrogen-bond donors (Lipinski definition) is 1. The van der Waals surface area contributed by atoms with Gasteiger partial charge in [-0.3, -0.25) is 0 Å². The fraction of sp³-hybridized carbons (Fsp3) is 0.500. The Balaban J connectivity index is 1.83. The highest BCUT2D eigenvalue weighted by Gasteiger charge is 2.05. The molecule has 0 aromatic carbocycles. The number of nitrogens with zero attached hydrogens (tertiary/aromatic N) is 4. The van der Waals surface area contributed by atoms with Gasteiger partial charge in [0.25, 0.3) is 0 Å². The summed E-state index contributed by atoms with van der Waals surface area (Å²) in [6, 6.07) is 0. The molecule has 0 fully saturated rings. The molecule has 2 aromatic rings. The average Bonchev–Trinajstić information content (AvgIpc) is 2.80. The quantitative estimate of drug-likeness (QED) is 0.781. The molecular weight excluding hydrogens is 310 g/mol. The minimum atomic E-state index is 0.648. The number of nitrogens with one attached hydrogen (secondary N) is 1. The van der Waals surface area contributed by atoms with E-state index in [4.69, 9.17) is 4.74 Å². The van der Waals surface area contributed by atoms with Gasteiger partial charge in [-0.2, -0.15) is 0 Å². The first-order valence-corrected chi connectivity index (χ1v) is 6.91. The summed E-state index contributed by atoms with van der Waals surface area (Å²) in [6.45, 7) is 3.02. The van der Waals surface area contributed by atoms with E-state index in [1.807, 2.05) is 30.9 Å². The molecule has 2 rings (SSSR count). The second kappa shape index (κ2) is 6.83. The summed E-state index contributed by atoms with van der Waals surface area (Å²) < 4.78 is 8.21. The minimum absolute atomic E-state index is 0.648. The predicted octanol–water partition coefficient (Wildman–Crippen LogP) is 1.48. The van der Waals surface area contributed by atoms with Crippen LogP contribution in [0.15, 0.2) is 23.2 Å². The number of likely N-dealkylation sites (N-methyl/N-ethyl adjacent to an activating group) is 1. The lowest BCUT2D eigenvalue weighted by molar-refractivity contribution is 0.126. The Hall–Kier alpha value is -1.18. The number of fused-ring (bicyclic) bond motifs is 1. The fourth-order valence-electron chi connectivity index (χ4n) is 1.61. The van der Waals surface area contributed by atoms with Crippen molar-refractivity contribution < 1.29 is 4.74 Å². The van der Waals surface area contributed by atoms with Crippen LogP contribution in [0.4, 0.5) is 5.82 Å². The lowest BCUT2D eigenvalue weighted by atomic mass is 10.5. The third-order valence-corrected chi connectivity index (χ3v) is 2.95. The highest BCUT2D eigenvalue weighted by atomic mass is 79.9. The van der Waals surface area contributed by atoms with Gasteiger partial charge in [0.2, 0.25) is 0 Å². The highest BCUT2D eigenvalue weighted by molar-refractivity contribution is 9.10. The van der Waals surface area contributed by atoms with Crippen LogP contribution in [0.25, 0.3) is 5.65 Å². The van der Waals surface area contributed by atoms with Crippen LogP contribution in [0.1, 0.15) is 0 Å². The number of aromatic nitrogens is 3. The van der Waals surface area contributed by atoms with Crippen molar-refractivity contribution in [1.82, 2.24) is 19.3 Å². The zero-order chi connectivity index (χ0) is 13.7. The van der Waals surface area contributed by atoms with Gasteiger partial charge in [-0.15, -0.1) is 0 Å². The van der Waals surface area contributed by atoms with E-state index in [1.54, 1.807) is 6.20 Å². The van der Waals surface area contributed by atoms with Gasteiger partial charge in [0.1, 0.15) is 4.60 Å². The zero-order valence-corrected chi connectivity index (χ0v) is 12.7. The molecule has 0 saturated carbocycles. The molecule has 2 aromatic heterocycles. The lowest BCUT2D eigenvalue weighted by Crippen LogP contribution is -2.20. The van der Waals surface area contributed by atoms with Crippen molar-refractivity contribution in [3.8, 4) is 0 Å². The third kappa shape index (κ3) is 4.15. The standard InChI is InChI=1S/C12H18BrN5O/c1-17(2)6-8-19-7-4-14-11-12-15-3-5-18(12)9-10(13)16-11/h3,5,9H,4,6-8H2,1-2H3,(H,14,16). The Bertz CT molecular complexity index is 528. The fourth-order valence-corrected chi connectivity index (χ4v) is 2.01. The third-order valence-electron chi connectivity index (χ3n) is 2.57. The topological polar surface area (TPSA) is 54.7 Å². The van der Waals surface area contributed by atoms with Crippen molar-refractivity contribution in [3.63, 3.8) is 0 Å². The first-order chi connectivity index (χ1) is 9.16. The van der Waals surface area contributed by atoms with Gasteiger partial charge in [-0.1, -0.05) is 0 Å². The first-order valence-electron chi connectivity index (χ1n) is 6.12. The van der Waals surface area contributed by atoms with Crippen molar-refractivity contribution in [2.75, 3.05) is 45.7 Å². The lowest BCUT2D eigenvalue weighted by Gasteiger charge is -2.11. The number of anilines is 1. The van der Waals surface area contributed by atoms with Gasteiger partial charge in [-0.05, 0) is 30.0 Å². The number of imidazole rings is 1. The normalized spacial score (nSPS) is 11.4. The molecule has 0 aliphatic heterocycles. The molecule has 1 N–H and O–H groups in total. The van der Waals surface area contributed by atoms with Crippen LogP contribution in [0.5, 0.6) is 0 Å². The molecular formula is C12H18BrN5O. The summed E-state index contributed by atoms with van der Waals surface area (Å²) in [5.41, 5.74) is 0.816. The van der Waals surface area contributed by atoms with Crippen LogP contribution >= 0.6 is 15.9 Å². The molecule has 2 heterocycles. The maximum Gasteiger partial charge on any atom is 0.180 e. The Kier molecular flexibility index (Phi) is 5.12. The summed E-state index contributed by atoms with van der Waals surface area (Å²) in [5, 5.41) is 3.24. The molecule has 0 aliphatic carbocycles. The van der Waals surface area contributed by atoms with Gasteiger partial charge in [0.05, 0.1) is 13.2 Å². The summed E-state index contributed by atoms with van der Waals surface area (Å²) in [4.78, 5) is 10.7. The largest absolute Gasteiger partial charge is 0.378 e. The summed E-state index contributed by atoms with van der Waals surface area (Å²) >= 11 is 3.38. The molecule has 0 aliphatic rings. The monoisotopic (exact) mass is 327 g/mol. The molecule has 6 nitrogen and oxygen atoms in total. The SMILES string of the molecule is CN(C)CCOCCNc1nc(Br)cn2ccnc12. The number of hydrogen-bond acceptors (Lipinski definition) is 5. The molecule has 0 amide bonds. The minimum Gasteiger partial charge on any atom is -0.378 e. The molecule has 7 heteroatoms. The molecule has 0 spiro atoms. The maximum absolute atomic E-state index is 5.52. The van der Waals surface area contributed by atoms with E-state index < -0.39 is 0 Å². The maximum atomic E-state index is 5.52. The molecule has 0 unspecified atom stereocenters. The van der Waals surface area contributed by atoms with E-state index in [1.165, 1.54) is 0 Å². The molecule has 19 heavy (non-hydrogen) atoms. The Morgan fingerprint density at radius 1 is 1.42 bits per heavy atom. The van der Waals surface area contributed by atoms with Gasteiger partial charge in [0.15, 0.2) is 11.5 Å². The van der Waals surface area contributed by atoms with E-state index in [9.17, 15) is 0 Å². The Morgan fingerprint density at radius 3 is 3.05 bits per heavy atom. The number of halogens is 1. The van der Waals surface area contributed by atoms with Gasteiger partial charge in [0, 0.05) is 31.7 Å². The van der Waals surface area contributed by atoms with Gasteiger partial charge in [-0.25, -0.2) is 9.97 Å². The van der Waals surface area contributed by atoms with Gasteiger partial charge < -0.3 is 19.4 Å². The zero-order valence-electron chi connectivity index (χ0n) is 11.1. The van der Waals surface area contributed by atoms with Crippen LogP contribution < -0.4 is 5.32 Å². The van der Waals surface area contributed by atoms with Crippen LogP contribution in [0, 0.1) is 0 Å². The summed E-state index contributed by atoms with van der Waals surface area (Å²) in [5.74, 6) is 0.760. The second-order valence-corrected chi connectivity index (χ2v) is 5.23. The first kappa shape index (κ1) is 14.2. The van der Waals surface area contributed by atoms with Crippen molar-refractivity contribution in [3.05, 3.63) is 23.2 Å². The van der Waals surface area contributed by atoms with E-state index >= 15 is 0 Å². The molecule has 0 atom stereocenters. The van der Waals surface area contributed by atoms with Crippen molar-refractivity contribution in [1.29, 1.82) is 0 Å². The van der Waals surface area contributed by atoms with E-state index in [0.29, 0.717) is 13.2 Å². The molecule has 0 bridgehead atoms. The van der Waals surface area contributed by atoms with E-state index in [-0.39, 0.29) is 0 Å². The van der Waals surface area contributed by atoms with Crippen molar-refractivity contribution in [2.24, 2.45) is 0 Å². The van der Waals surface area contributed by atoms with Crippen molar-refractivity contribution >= 4 is 27.4 Å². The molecule has 104 valence electrons. The average molecular weight is 328 g/mol. The Morgan fingerprint density at radius 2 is 2.26 bits per heavy atom. The molecule has 0 radical (unpaired) electrons. The van der Waals surface area contributed by atoms with E-state index in [0.717, 1.165) is 29.2 Å². The molecule has 0 saturated heterocycles. The van der Waals surface area contributed by atoms with Crippen LogP contribution in [0.3, 0.4) is 0 Å². The number of ether oxygens (including phenoxy) is 1. The Labute approximate surface area is 120 Å². The van der Waals surface area contributed by atoms with Gasteiger partial charge >= 0.3 is 0 Å². The predicted molar refractivity (Wildman–Crippen MR) is 78.5 cm³/mol. The highest BCUT2D eigenvalue weighted by Crippen LogP contribution is 2.16. The van der Waals surface area contributed by atoms with E-state index in [2.05, 4.69) is 36.1 Å². The summed E-state index contributed by atoms with van der Waals surface area (Å²) in [7, 11) is 4.06. The van der Waals surface area contributed by atoms with Crippen LogP contribution in [-0.2, 0) is 4.74 Å². The van der Waals surface area contributed by atoms with Crippen molar-refractivity contribution in [2.45, 2.75) is 0 Å². The number of rotatable bonds is 7. The van der Waals surface area contributed by atoms with Crippen LogP contribution in [0.2, 0.25) is 0 Å². The smallest absolute Gasteiger partial charge is 0.180 e. The second-order valence-electron chi connectivity index (χ2n) is 4.41. The summed E-state index contributed by atoms with van der Waals surface area (Å²) in [6.07, 6.45) is 5.52. The van der Waals surface area contributed by atoms with Crippen LogP contribution in [-0.4, -0.2) is 59.7 Å².